The second-order valence-corrected chi connectivity index (χ2v) is 10.1. The molecule has 0 saturated carbocycles. The summed E-state index contributed by atoms with van der Waals surface area (Å²) in [5.41, 5.74) is 1.50. The minimum absolute atomic E-state index is 0.0118. The van der Waals surface area contributed by atoms with Crippen LogP contribution in [0.5, 0.6) is 0 Å². The summed E-state index contributed by atoms with van der Waals surface area (Å²) in [6, 6.07) is 9.75. The van der Waals surface area contributed by atoms with Crippen molar-refractivity contribution in [2.24, 2.45) is 0 Å². The third kappa shape index (κ3) is 7.74. The standard InChI is InChI=1S/C23H26Cl4N2O2S/c1-4-14(2)28-23(31)15(3)29(11-16-8-9-17(24)10-21(16)27)22(30)13-32-12-18-19(25)6-5-7-20(18)26/h5-10,14-15H,4,11-13H2,1-3H3,(H,28,31)/t14-,15+/m0/s1. The van der Waals surface area contributed by atoms with Crippen LogP contribution >= 0.6 is 58.2 Å². The van der Waals surface area contributed by atoms with E-state index in [4.69, 9.17) is 46.4 Å². The summed E-state index contributed by atoms with van der Waals surface area (Å²) in [6.45, 7) is 5.82. The summed E-state index contributed by atoms with van der Waals surface area (Å²) in [7, 11) is 0. The monoisotopic (exact) mass is 534 g/mol. The first kappa shape index (κ1) is 27.1. The van der Waals surface area contributed by atoms with Crippen molar-refractivity contribution in [1.29, 1.82) is 0 Å². The SMILES string of the molecule is CC[C@H](C)NC(=O)[C@@H](C)N(Cc1ccc(Cl)cc1Cl)C(=O)CSCc1c(Cl)cccc1Cl. The van der Waals surface area contributed by atoms with Gasteiger partial charge in [0.15, 0.2) is 0 Å². The molecule has 2 rings (SSSR count). The zero-order valence-corrected chi connectivity index (χ0v) is 22.0. The van der Waals surface area contributed by atoms with Gasteiger partial charge in [0, 0.05) is 38.4 Å². The Labute approximate surface area is 213 Å². The van der Waals surface area contributed by atoms with Crippen molar-refractivity contribution in [1.82, 2.24) is 10.2 Å². The maximum atomic E-state index is 13.2. The molecule has 1 N–H and O–H groups in total. The number of hydrogen-bond donors (Lipinski definition) is 1. The summed E-state index contributed by atoms with van der Waals surface area (Å²) < 4.78 is 0. The predicted molar refractivity (Wildman–Crippen MR) is 137 cm³/mol. The summed E-state index contributed by atoms with van der Waals surface area (Å²) in [5.74, 6) is 0.244. The molecule has 0 heterocycles. The van der Waals surface area contributed by atoms with Gasteiger partial charge in [-0.2, -0.15) is 0 Å². The molecule has 0 bridgehead atoms. The summed E-state index contributed by atoms with van der Waals surface area (Å²) in [5, 5.41) is 5.01. The first-order valence-corrected chi connectivity index (χ1v) is 12.8. The zero-order chi connectivity index (χ0) is 23.8. The molecule has 0 spiro atoms. The Morgan fingerprint density at radius 2 is 1.69 bits per heavy atom. The molecule has 0 saturated heterocycles. The average molecular weight is 536 g/mol. The van der Waals surface area contributed by atoms with E-state index in [2.05, 4.69) is 5.32 Å². The molecule has 0 aromatic heterocycles. The van der Waals surface area contributed by atoms with Gasteiger partial charge in [-0.1, -0.05) is 65.5 Å². The Morgan fingerprint density at radius 1 is 1.03 bits per heavy atom. The number of amides is 2. The van der Waals surface area contributed by atoms with E-state index < -0.39 is 6.04 Å². The molecule has 2 amide bonds. The fourth-order valence-electron chi connectivity index (χ4n) is 2.88. The van der Waals surface area contributed by atoms with Crippen LogP contribution in [0.15, 0.2) is 36.4 Å². The van der Waals surface area contributed by atoms with Gasteiger partial charge in [0.2, 0.25) is 11.8 Å². The van der Waals surface area contributed by atoms with Gasteiger partial charge < -0.3 is 10.2 Å². The van der Waals surface area contributed by atoms with Crippen LogP contribution in [-0.2, 0) is 21.9 Å². The lowest BCUT2D eigenvalue weighted by atomic mass is 10.1. The molecule has 2 aromatic carbocycles. The van der Waals surface area contributed by atoms with Crippen molar-refractivity contribution >= 4 is 70.0 Å². The lowest BCUT2D eigenvalue weighted by molar-refractivity contribution is -0.138. The third-order valence-corrected chi connectivity index (χ3v) is 7.30. The van der Waals surface area contributed by atoms with Crippen molar-refractivity contribution in [3.63, 3.8) is 0 Å². The number of hydrogen-bond acceptors (Lipinski definition) is 3. The highest BCUT2D eigenvalue weighted by molar-refractivity contribution is 7.99. The molecule has 9 heteroatoms. The van der Waals surface area contributed by atoms with Gasteiger partial charge in [-0.15, -0.1) is 11.8 Å². The molecule has 2 aromatic rings. The van der Waals surface area contributed by atoms with Crippen molar-refractivity contribution < 1.29 is 9.59 Å². The van der Waals surface area contributed by atoms with E-state index in [1.54, 1.807) is 43.3 Å². The van der Waals surface area contributed by atoms with E-state index in [0.717, 1.165) is 12.0 Å². The highest BCUT2D eigenvalue weighted by Gasteiger charge is 2.27. The number of benzene rings is 2. The molecule has 0 fully saturated rings. The van der Waals surface area contributed by atoms with Crippen LogP contribution in [0.4, 0.5) is 0 Å². The summed E-state index contributed by atoms with van der Waals surface area (Å²) >= 11 is 26.2. The lowest BCUT2D eigenvalue weighted by Crippen LogP contribution is -2.50. The second kappa shape index (κ2) is 13.0. The Balaban J connectivity index is 2.16. The van der Waals surface area contributed by atoms with Gasteiger partial charge >= 0.3 is 0 Å². The second-order valence-electron chi connectivity index (χ2n) is 7.44. The molecule has 4 nitrogen and oxygen atoms in total. The minimum atomic E-state index is -0.673. The number of nitrogens with zero attached hydrogens (tertiary/aromatic N) is 1. The number of halogens is 4. The Morgan fingerprint density at radius 3 is 2.28 bits per heavy atom. The van der Waals surface area contributed by atoms with Gasteiger partial charge in [-0.3, -0.25) is 9.59 Å². The van der Waals surface area contributed by atoms with Crippen molar-refractivity contribution in [3.05, 3.63) is 67.6 Å². The van der Waals surface area contributed by atoms with Crippen LogP contribution in [0.3, 0.4) is 0 Å². The predicted octanol–water partition coefficient (Wildman–Crippen LogP) is 6.87. The highest BCUT2D eigenvalue weighted by atomic mass is 35.5. The fraction of sp³-hybridized carbons (Fsp3) is 0.391. The first-order valence-electron chi connectivity index (χ1n) is 10.2. The normalized spacial score (nSPS) is 12.8. The van der Waals surface area contributed by atoms with Gasteiger partial charge in [0.05, 0.1) is 5.75 Å². The molecular formula is C23H26Cl4N2O2S. The number of carbonyl (C=O) groups is 2. The zero-order valence-electron chi connectivity index (χ0n) is 18.1. The smallest absolute Gasteiger partial charge is 0.242 e. The van der Waals surface area contributed by atoms with Gasteiger partial charge in [-0.05, 0) is 55.7 Å². The number of rotatable bonds is 10. The van der Waals surface area contributed by atoms with Crippen molar-refractivity contribution in [3.8, 4) is 0 Å². The molecule has 174 valence electrons. The van der Waals surface area contributed by atoms with Crippen molar-refractivity contribution in [2.75, 3.05) is 5.75 Å². The third-order valence-electron chi connectivity index (χ3n) is 5.06. The Kier molecular flexibility index (Phi) is 11.0. The molecule has 0 aliphatic rings. The largest absolute Gasteiger partial charge is 0.352 e. The fourth-order valence-corrected chi connectivity index (χ4v) is 4.99. The van der Waals surface area contributed by atoms with E-state index >= 15 is 0 Å². The molecule has 32 heavy (non-hydrogen) atoms. The van der Waals surface area contributed by atoms with Crippen LogP contribution in [0, 0.1) is 0 Å². The maximum absolute atomic E-state index is 13.2. The molecule has 2 atom stereocenters. The van der Waals surface area contributed by atoms with Crippen LogP contribution in [-0.4, -0.2) is 34.6 Å². The van der Waals surface area contributed by atoms with Crippen LogP contribution in [0.25, 0.3) is 0 Å². The van der Waals surface area contributed by atoms with Crippen LogP contribution in [0.1, 0.15) is 38.3 Å². The maximum Gasteiger partial charge on any atom is 0.242 e. The highest BCUT2D eigenvalue weighted by Crippen LogP contribution is 2.29. The van der Waals surface area contributed by atoms with E-state index in [0.29, 0.717) is 31.4 Å². The van der Waals surface area contributed by atoms with Crippen molar-refractivity contribution in [2.45, 2.75) is 51.6 Å². The summed E-state index contributed by atoms with van der Waals surface area (Å²) in [6.07, 6.45) is 0.796. The lowest BCUT2D eigenvalue weighted by Gasteiger charge is -2.30. The molecular weight excluding hydrogens is 510 g/mol. The quantitative estimate of drug-likeness (QED) is 0.361. The molecule has 0 radical (unpaired) electrons. The molecule has 0 aliphatic carbocycles. The number of thioether (sulfide) groups is 1. The van der Waals surface area contributed by atoms with Crippen LogP contribution < -0.4 is 5.32 Å². The Bertz CT molecular complexity index is 937. The minimum Gasteiger partial charge on any atom is -0.352 e. The topological polar surface area (TPSA) is 49.4 Å². The molecule has 0 aliphatic heterocycles. The van der Waals surface area contributed by atoms with E-state index in [1.807, 2.05) is 13.8 Å². The van der Waals surface area contributed by atoms with E-state index in [-0.39, 0.29) is 30.2 Å². The first-order chi connectivity index (χ1) is 15.1. The van der Waals surface area contributed by atoms with E-state index in [9.17, 15) is 9.59 Å². The average Bonchev–Trinajstić information content (AvgIpc) is 2.74. The van der Waals surface area contributed by atoms with Gasteiger partial charge in [0.1, 0.15) is 6.04 Å². The molecule has 0 unspecified atom stereocenters. The van der Waals surface area contributed by atoms with E-state index in [1.165, 1.54) is 16.7 Å². The van der Waals surface area contributed by atoms with Crippen LogP contribution in [0.2, 0.25) is 20.1 Å². The number of nitrogens with one attached hydrogen (secondary N) is 1. The summed E-state index contributed by atoms with van der Waals surface area (Å²) in [4.78, 5) is 27.5. The Hall–Kier alpha value is -1.11. The number of carbonyl (C=O) groups excluding carboxylic acids is 2. The van der Waals surface area contributed by atoms with Gasteiger partial charge in [-0.25, -0.2) is 0 Å². The van der Waals surface area contributed by atoms with Gasteiger partial charge in [0.25, 0.3) is 0 Å².